The zero-order valence-electron chi connectivity index (χ0n) is 19.6. The van der Waals surface area contributed by atoms with Gasteiger partial charge in [0.25, 0.3) is 5.69 Å². The van der Waals surface area contributed by atoms with E-state index in [0.717, 1.165) is 50.3 Å². The Bertz CT molecular complexity index is 1150. The van der Waals surface area contributed by atoms with E-state index in [0.29, 0.717) is 18.3 Å². The zero-order valence-corrected chi connectivity index (χ0v) is 20.4. The number of carbonyl (C=O) groups excluding carboxylic acids is 2. The summed E-state index contributed by atoms with van der Waals surface area (Å²) in [6.45, 7) is 3.02. The van der Waals surface area contributed by atoms with Crippen LogP contribution in [0.15, 0.2) is 23.1 Å². The molecule has 4 aliphatic rings. The van der Waals surface area contributed by atoms with Crippen molar-refractivity contribution in [2.24, 2.45) is 28.4 Å². The lowest BCUT2D eigenvalue weighted by Gasteiger charge is -2.61. The van der Waals surface area contributed by atoms with E-state index >= 15 is 0 Å². The van der Waals surface area contributed by atoms with E-state index in [4.69, 9.17) is 10.5 Å². The second kappa shape index (κ2) is 8.01. The average molecular weight is 494 g/mol. The Morgan fingerprint density at radius 3 is 2.38 bits per heavy atom. The Kier molecular flexibility index (Phi) is 5.79. The van der Waals surface area contributed by atoms with Crippen molar-refractivity contribution < 1.29 is 27.7 Å². The average Bonchev–Trinajstić information content (AvgIpc) is 2.71. The molecule has 186 valence electrons. The van der Waals surface area contributed by atoms with Gasteiger partial charge in [-0.1, -0.05) is 0 Å². The zero-order chi connectivity index (χ0) is 25.1. The molecule has 4 bridgehead atoms. The van der Waals surface area contributed by atoms with E-state index in [1.165, 1.54) is 21.0 Å². The number of nitrogens with zero attached hydrogens (tertiary/aromatic N) is 1. The molecule has 0 heterocycles. The highest BCUT2D eigenvalue weighted by molar-refractivity contribution is 7.89. The molecule has 4 saturated carbocycles. The van der Waals surface area contributed by atoms with Crippen molar-refractivity contribution in [1.29, 1.82) is 0 Å². The number of ether oxygens (including phenoxy) is 1. The number of nitro groups is 1. The fourth-order valence-corrected chi connectivity index (χ4v) is 8.50. The molecular formula is C23H31N3O7S. The summed E-state index contributed by atoms with van der Waals surface area (Å²) in [5.74, 6) is -0.00643. The quantitative estimate of drug-likeness (QED) is 0.395. The van der Waals surface area contributed by atoms with Crippen LogP contribution in [0.1, 0.15) is 58.8 Å². The van der Waals surface area contributed by atoms with Gasteiger partial charge in [0.05, 0.1) is 29.1 Å². The molecule has 0 spiro atoms. The van der Waals surface area contributed by atoms with Crippen LogP contribution in [0.2, 0.25) is 0 Å². The van der Waals surface area contributed by atoms with Gasteiger partial charge in [-0.2, -0.15) is 4.72 Å². The number of nitrogens with one attached hydrogen (secondary N) is 1. The molecule has 10 nitrogen and oxygen atoms in total. The van der Waals surface area contributed by atoms with E-state index in [1.54, 1.807) is 0 Å². The van der Waals surface area contributed by atoms with Gasteiger partial charge in [-0.3, -0.25) is 19.7 Å². The number of carbonyl (C=O) groups is 2. The molecule has 5 rings (SSSR count). The van der Waals surface area contributed by atoms with Crippen LogP contribution < -0.4 is 15.2 Å². The van der Waals surface area contributed by atoms with Gasteiger partial charge in [0, 0.05) is 12.5 Å². The van der Waals surface area contributed by atoms with E-state index in [2.05, 4.69) is 4.72 Å². The first-order chi connectivity index (χ1) is 15.7. The summed E-state index contributed by atoms with van der Waals surface area (Å²) in [5.41, 5.74) is 3.16. The van der Waals surface area contributed by atoms with Crippen molar-refractivity contribution >= 4 is 27.4 Å². The van der Waals surface area contributed by atoms with Gasteiger partial charge >= 0.3 is 0 Å². The highest BCUT2D eigenvalue weighted by Crippen LogP contribution is 2.66. The Morgan fingerprint density at radius 1 is 1.24 bits per heavy atom. The minimum absolute atomic E-state index is 0.169. The fraction of sp³-hybridized carbons (Fsp3) is 0.652. The molecule has 0 aliphatic heterocycles. The lowest BCUT2D eigenvalue weighted by Crippen LogP contribution is -2.58. The number of hydrogen-bond acceptors (Lipinski definition) is 7. The van der Waals surface area contributed by atoms with Crippen LogP contribution in [0, 0.1) is 32.8 Å². The number of non-ortho nitro benzene ring substituents is 1. The number of ketones is 1. The number of rotatable bonds is 9. The summed E-state index contributed by atoms with van der Waals surface area (Å²) in [4.78, 5) is 35.9. The van der Waals surface area contributed by atoms with Crippen molar-refractivity contribution in [2.75, 3.05) is 7.11 Å². The molecule has 11 heteroatoms. The number of methoxy groups -OCH3 is 1. The lowest BCUT2D eigenvalue weighted by atomic mass is 9.43. The van der Waals surface area contributed by atoms with E-state index in [9.17, 15) is 28.1 Å². The number of benzene rings is 1. The van der Waals surface area contributed by atoms with E-state index in [-0.39, 0.29) is 39.9 Å². The molecule has 4 aliphatic carbocycles. The Hall–Kier alpha value is -2.53. The van der Waals surface area contributed by atoms with Crippen molar-refractivity contribution in [1.82, 2.24) is 4.72 Å². The monoisotopic (exact) mass is 493 g/mol. The summed E-state index contributed by atoms with van der Waals surface area (Å²) in [6.07, 6.45) is 5.07. The largest absolute Gasteiger partial charge is 0.495 e. The van der Waals surface area contributed by atoms with Gasteiger partial charge < -0.3 is 10.5 Å². The van der Waals surface area contributed by atoms with Gasteiger partial charge in [-0.15, -0.1) is 0 Å². The van der Waals surface area contributed by atoms with Gasteiger partial charge in [-0.25, -0.2) is 8.42 Å². The van der Waals surface area contributed by atoms with Crippen LogP contribution in [0.4, 0.5) is 5.69 Å². The molecule has 0 saturated heterocycles. The third kappa shape index (κ3) is 4.19. The molecule has 0 aromatic heterocycles. The highest BCUT2D eigenvalue weighted by atomic mass is 32.2. The molecule has 2 unspecified atom stereocenters. The summed E-state index contributed by atoms with van der Waals surface area (Å²) in [5, 5.41) is 11.0. The first-order valence-corrected chi connectivity index (χ1v) is 12.9. The highest BCUT2D eigenvalue weighted by Gasteiger charge is 2.60. The topological polar surface area (TPSA) is 159 Å². The molecule has 0 radical (unpaired) electrons. The Labute approximate surface area is 198 Å². The minimum Gasteiger partial charge on any atom is -0.495 e. The number of hydrogen-bond donors (Lipinski definition) is 2. The van der Waals surface area contributed by atoms with Crippen LogP contribution in [0.5, 0.6) is 5.75 Å². The first kappa shape index (κ1) is 24.6. The van der Waals surface area contributed by atoms with Crippen molar-refractivity contribution in [3.05, 3.63) is 28.3 Å². The third-order valence-corrected chi connectivity index (χ3v) is 9.67. The maximum absolute atomic E-state index is 13.5. The van der Waals surface area contributed by atoms with Crippen LogP contribution in [-0.4, -0.2) is 37.7 Å². The minimum atomic E-state index is -4.23. The standard InChI is InChI=1S/C23H31N3O7S/c1-21(2,25-34(31,32)18-5-4-16(26(29)30)7-17(18)33-3)19(27)12-22-8-14-6-15(9-22)11-23(10-14,13-22)20(24)28/h4-5,7,14-15,25H,6,8-13H2,1-3H3,(H2,24,28). The Morgan fingerprint density at radius 2 is 1.85 bits per heavy atom. The second-order valence-electron chi connectivity index (χ2n) is 11.0. The summed E-state index contributed by atoms with van der Waals surface area (Å²) < 4.78 is 33.8. The number of nitrogens with two attached hydrogens (primary N) is 1. The second-order valence-corrected chi connectivity index (χ2v) is 12.7. The van der Waals surface area contributed by atoms with Crippen molar-refractivity contribution in [3.63, 3.8) is 0 Å². The molecule has 34 heavy (non-hydrogen) atoms. The van der Waals surface area contributed by atoms with Gasteiger partial charge in [0.2, 0.25) is 15.9 Å². The Balaban J connectivity index is 1.55. The van der Waals surface area contributed by atoms with Gasteiger partial charge in [0.15, 0.2) is 5.78 Å². The normalized spacial score (nSPS) is 30.2. The van der Waals surface area contributed by atoms with Crippen molar-refractivity contribution in [3.8, 4) is 5.75 Å². The molecular weight excluding hydrogens is 462 g/mol. The van der Waals surface area contributed by atoms with Gasteiger partial charge in [0.1, 0.15) is 10.6 Å². The van der Waals surface area contributed by atoms with Crippen molar-refractivity contribution in [2.45, 2.75) is 69.2 Å². The fourth-order valence-electron chi connectivity index (χ4n) is 6.95. The smallest absolute Gasteiger partial charge is 0.273 e. The lowest BCUT2D eigenvalue weighted by molar-refractivity contribution is -0.385. The van der Waals surface area contributed by atoms with Gasteiger partial charge in [-0.05, 0) is 75.7 Å². The summed E-state index contributed by atoms with van der Waals surface area (Å²) in [6, 6.07) is 3.20. The van der Waals surface area contributed by atoms with Crippen LogP contribution >= 0.6 is 0 Å². The number of Topliss-reactive ketones (excluding diaryl/α,β-unsaturated/α-hetero) is 1. The van der Waals surface area contributed by atoms with Crippen LogP contribution in [0.25, 0.3) is 0 Å². The SMILES string of the molecule is COc1cc([N+](=O)[O-])ccc1S(=O)(=O)NC(C)(C)C(=O)CC12CC3CC(C1)CC(C(N)=O)(C3)C2. The molecule has 2 atom stereocenters. The molecule has 1 amide bonds. The number of sulfonamides is 1. The summed E-state index contributed by atoms with van der Waals surface area (Å²) >= 11 is 0. The third-order valence-electron chi connectivity index (χ3n) is 7.97. The van der Waals surface area contributed by atoms with Crippen LogP contribution in [-0.2, 0) is 19.6 Å². The maximum Gasteiger partial charge on any atom is 0.273 e. The molecule has 1 aromatic carbocycles. The molecule has 4 fully saturated rings. The maximum atomic E-state index is 13.5. The molecule has 3 N–H and O–H groups in total. The first-order valence-electron chi connectivity index (χ1n) is 11.4. The summed E-state index contributed by atoms with van der Waals surface area (Å²) in [7, 11) is -3.01. The van der Waals surface area contributed by atoms with Crippen LogP contribution in [0.3, 0.4) is 0 Å². The predicted octanol–water partition coefficient (Wildman–Crippen LogP) is 2.69. The predicted molar refractivity (Wildman–Crippen MR) is 122 cm³/mol. The number of amides is 1. The van der Waals surface area contributed by atoms with E-state index < -0.39 is 25.9 Å². The number of primary amides is 1. The van der Waals surface area contributed by atoms with E-state index in [1.807, 2.05) is 0 Å². The number of nitro benzene ring substituents is 1. The molecule has 1 aromatic rings.